The number of nitrogens with two attached hydrogens (primary N) is 1. The molecule has 0 aliphatic carbocycles. The van der Waals surface area contributed by atoms with E-state index >= 15 is 4.39 Å². The minimum absolute atomic E-state index is 0.0413. The van der Waals surface area contributed by atoms with E-state index in [0.717, 1.165) is 4.57 Å². The standard InChI is InChI=1S/C24H31ClFN6O8P/c1-5-36-20-17-19(29-23(27)30-20)32(12-28-17)22-24(25,26)18(33)16(39-22)11-37-41(35,40-15-9-7-6-8-10-15)31-14(4)21(34)38-13(2)3/h6-10,12-14,16,18,22,33H,5,11H2,1-4H3,(H,31,35)(H2,27,29,30)/t14?,16-,18-,22-,24+,41?/m1/s1. The number of para-hydroxylation sites is 1. The van der Waals surface area contributed by atoms with Crippen molar-refractivity contribution in [2.75, 3.05) is 18.9 Å². The lowest BCUT2D eigenvalue weighted by molar-refractivity contribution is -0.149. The van der Waals surface area contributed by atoms with Gasteiger partial charge in [-0.2, -0.15) is 15.1 Å². The summed E-state index contributed by atoms with van der Waals surface area (Å²) in [5.41, 5.74) is 5.99. The number of hydrogen-bond acceptors (Lipinski definition) is 12. The largest absolute Gasteiger partial charge is 0.476 e. The summed E-state index contributed by atoms with van der Waals surface area (Å²) in [6, 6.07) is 6.91. The molecule has 224 valence electrons. The van der Waals surface area contributed by atoms with Gasteiger partial charge in [-0.15, -0.1) is 0 Å². The number of aliphatic hydroxyl groups excluding tert-OH is 1. The molecule has 0 bridgehead atoms. The number of carbonyl (C=O) groups is 1. The zero-order valence-corrected chi connectivity index (χ0v) is 24.3. The van der Waals surface area contributed by atoms with E-state index < -0.39 is 56.0 Å². The van der Waals surface area contributed by atoms with Crippen molar-refractivity contribution in [2.45, 2.75) is 63.4 Å². The van der Waals surface area contributed by atoms with Crippen molar-refractivity contribution < 1.29 is 42.1 Å². The number of nitrogens with one attached hydrogen (secondary N) is 1. The Morgan fingerprint density at radius 2 is 2.02 bits per heavy atom. The van der Waals surface area contributed by atoms with Gasteiger partial charge in [0.1, 0.15) is 24.0 Å². The van der Waals surface area contributed by atoms with Crippen molar-refractivity contribution in [3.63, 3.8) is 0 Å². The minimum atomic E-state index is -4.34. The summed E-state index contributed by atoms with van der Waals surface area (Å²) >= 11 is 6.14. The molecule has 0 amide bonds. The summed E-state index contributed by atoms with van der Waals surface area (Å²) in [5, 5.41) is 10.4. The fourth-order valence-electron chi connectivity index (χ4n) is 3.93. The van der Waals surface area contributed by atoms with Gasteiger partial charge >= 0.3 is 13.7 Å². The van der Waals surface area contributed by atoms with Crippen LogP contribution in [0.1, 0.15) is 33.9 Å². The van der Waals surface area contributed by atoms with Crippen LogP contribution in [-0.4, -0.2) is 73.3 Å². The lowest BCUT2D eigenvalue weighted by Crippen LogP contribution is -2.40. The summed E-state index contributed by atoms with van der Waals surface area (Å²) < 4.78 is 58.1. The van der Waals surface area contributed by atoms with Crippen LogP contribution in [0.25, 0.3) is 11.2 Å². The third kappa shape index (κ3) is 6.88. The Bertz CT molecular complexity index is 1410. The third-order valence-electron chi connectivity index (χ3n) is 5.75. The minimum Gasteiger partial charge on any atom is -0.476 e. The van der Waals surface area contributed by atoms with Gasteiger partial charge in [-0.3, -0.25) is 13.9 Å². The summed E-state index contributed by atoms with van der Waals surface area (Å²) in [6.45, 7) is 6.06. The van der Waals surface area contributed by atoms with E-state index in [1.54, 1.807) is 39.0 Å². The SMILES string of the molecule is CCOc1nc(N)nc2c1ncn2[C@@H]1O[C@H](COP(=O)(NC(C)C(=O)OC(C)C)Oc2ccccc2)[C@@H](O)[C@@]1(F)Cl. The van der Waals surface area contributed by atoms with Crippen LogP contribution in [0, 0.1) is 0 Å². The van der Waals surface area contributed by atoms with E-state index in [2.05, 4.69) is 20.0 Å². The number of anilines is 1. The zero-order valence-electron chi connectivity index (χ0n) is 22.6. The lowest BCUT2D eigenvalue weighted by atomic mass is 10.1. The van der Waals surface area contributed by atoms with Crippen LogP contribution in [0.15, 0.2) is 36.7 Å². The fraction of sp³-hybridized carbons (Fsp3) is 0.500. The van der Waals surface area contributed by atoms with Crippen LogP contribution < -0.4 is 20.1 Å². The Hall–Kier alpha value is -3.07. The van der Waals surface area contributed by atoms with Crippen LogP contribution >= 0.6 is 19.3 Å². The monoisotopic (exact) mass is 616 g/mol. The number of esters is 1. The Kier molecular flexibility index (Phi) is 9.36. The Balaban J connectivity index is 1.56. The maximum absolute atomic E-state index is 15.8. The van der Waals surface area contributed by atoms with Gasteiger partial charge in [-0.1, -0.05) is 29.8 Å². The molecule has 41 heavy (non-hydrogen) atoms. The predicted octanol–water partition coefficient (Wildman–Crippen LogP) is 3.10. The van der Waals surface area contributed by atoms with Crippen molar-refractivity contribution in [2.24, 2.45) is 0 Å². The lowest BCUT2D eigenvalue weighted by Gasteiger charge is -2.25. The summed E-state index contributed by atoms with van der Waals surface area (Å²) in [5.74, 6) is -0.652. The Labute approximate surface area is 239 Å². The second-order valence-corrected chi connectivity index (χ2v) is 11.6. The second kappa shape index (κ2) is 12.4. The van der Waals surface area contributed by atoms with Gasteiger partial charge in [0.05, 0.1) is 25.6 Å². The van der Waals surface area contributed by atoms with Gasteiger partial charge in [-0.05, 0) is 39.8 Å². The first-order valence-electron chi connectivity index (χ1n) is 12.7. The number of aliphatic hydroxyl groups is 1. The number of carbonyl (C=O) groups excluding carboxylic acids is 1. The van der Waals surface area contributed by atoms with Gasteiger partial charge < -0.3 is 29.6 Å². The van der Waals surface area contributed by atoms with Gasteiger partial charge in [-0.25, -0.2) is 13.9 Å². The molecular weight excluding hydrogens is 586 g/mol. The molecule has 1 aromatic carbocycles. The Morgan fingerprint density at radius 3 is 2.68 bits per heavy atom. The number of nitrogen functional groups attached to an aromatic ring is 1. The number of hydrogen-bond donors (Lipinski definition) is 3. The quantitative estimate of drug-likeness (QED) is 0.153. The fourth-order valence-corrected chi connectivity index (χ4v) is 5.73. The maximum atomic E-state index is 15.8. The number of rotatable bonds is 12. The maximum Gasteiger partial charge on any atom is 0.459 e. The topological polar surface area (TPSA) is 182 Å². The zero-order chi connectivity index (χ0) is 29.9. The predicted molar refractivity (Wildman–Crippen MR) is 145 cm³/mol. The molecule has 3 heterocycles. The number of alkyl halides is 2. The molecule has 0 spiro atoms. The number of nitrogens with zero attached hydrogens (tertiary/aromatic N) is 4. The number of aromatic nitrogens is 4. The van der Waals surface area contributed by atoms with E-state index in [4.69, 9.17) is 40.6 Å². The van der Waals surface area contributed by atoms with E-state index in [1.165, 1.54) is 25.4 Å². The van der Waals surface area contributed by atoms with Crippen molar-refractivity contribution >= 4 is 42.4 Å². The van der Waals surface area contributed by atoms with E-state index in [9.17, 15) is 14.5 Å². The summed E-state index contributed by atoms with van der Waals surface area (Å²) in [6.07, 6.45) is -4.31. The summed E-state index contributed by atoms with van der Waals surface area (Å²) in [4.78, 5) is 24.6. The van der Waals surface area contributed by atoms with Crippen LogP contribution in [0.3, 0.4) is 0 Å². The van der Waals surface area contributed by atoms with Gasteiger partial charge in [0.15, 0.2) is 17.4 Å². The molecule has 0 saturated carbocycles. The number of benzene rings is 1. The van der Waals surface area contributed by atoms with Crippen molar-refractivity contribution in [1.29, 1.82) is 0 Å². The number of halogens is 2. The molecule has 4 N–H and O–H groups in total. The molecule has 6 atom stereocenters. The van der Waals surface area contributed by atoms with Crippen LogP contribution in [0.4, 0.5) is 10.3 Å². The van der Waals surface area contributed by atoms with Crippen molar-refractivity contribution in [3.05, 3.63) is 36.7 Å². The van der Waals surface area contributed by atoms with Crippen molar-refractivity contribution in [1.82, 2.24) is 24.6 Å². The van der Waals surface area contributed by atoms with Crippen LogP contribution in [-0.2, 0) is 23.4 Å². The number of ether oxygens (including phenoxy) is 3. The highest BCUT2D eigenvalue weighted by Crippen LogP contribution is 2.49. The third-order valence-corrected chi connectivity index (χ3v) is 7.81. The van der Waals surface area contributed by atoms with E-state index in [0.29, 0.717) is 0 Å². The molecule has 4 rings (SSSR count). The number of fused-ring (bicyclic) bond motifs is 1. The average molecular weight is 617 g/mol. The molecule has 1 aliphatic rings. The highest BCUT2D eigenvalue weighted by Gasteiger charge is 2.58. The molecule has 2 unspecified atom stereocenters. The second-order valence-electron chi connectivity index (χ2n) is 9.32. The first-order valence-corrected chi connectivity index (χ1v) is 14.6. The molecule has 3 aromatic rings. The van der Waals surface area contributed by atoms with Crippen LogP contribution in [0.2, 0.25) is 0 Å². The smallest absolute Gasteiger partial charge is 0.459 e. The molecule has 1 fully saturated rings. The van der Waals surface area contributed by atoms with Crippen LogP contribution in [0.5, 0.6) is 11.6 Å². The Morgan fingerprint density at radius 1 is 1.32 bits per heavy atom. The normalized spacial score (nSPS) is 24.7. The molecule has 14 nitrogen and oxygen atoms in total. The number of imidazole rings is 1. The van der Waals surface area contributed by atoms with Gasteiger partial charge in [0, 0.05) is 0 Å². The first-order chi connectivity index (χ1) is 19.3. The molecular formula is C24H31ClFN6O8P. The van der Waals surface area contributed by atoms with Gasteiger partial charge in [0.25, 0.3) is 5.13 Å². The highest BCUT2D eigenvalue weighted by atomic mass is 35.5. The molecule has 17 heteroatoms. The summed E-state index contributed by atoms with van der Waals surface area (Å²) in [7, 11) is -4.34. The van der Waals surface area contributed by atoms with E-state index in [1.807, 2.05) is 0 Å². The molecule has 2 aromatic heterocycles. The van der Waals surface area contributed by atoms with E-state index in [-0.39, 0.29) is 35.3 Å². The highest BCUT2D eigenvalue weighted by molar-refractivity contribution is 7.52. The van der Waals surface area contributed by atoms with Gasteiger partial charge in [0.2, 0.25) is 11.8 Å². The van der Waals surface area contributed by atoms with Crippen molar-refractivity contribution in [3.8, 4) is 11.6 Å². The first kappa shape index (κ1) is 30.9. The molecule has 0 radical (unpaired) electrons. The molecule has 1 aliphatic heterocycles. The average Bonchev–Trinajstić information content (AvgIpc) is 3.41. The molecule has 1 saturated heterocycles.